The molecule has 0 saturated carbocycles. The van der Waals surface area contributed by atoms with E-state index in [1.54, 1.807) is 0 Å². The van der Waals surface area contributed by atoms with Crippen LogP contribution in [0.3, 0.4) is 0 Å². The van der Waals surface area contributed by atoms with E-state index >= 15 is 0 Å². The molecule has 2 aromatic carbocycles. The van der Waals surface area contributed by atoms with E-state index in [1.165, 1.54) is 42.5 Å². The van der Waals surface area contributed by atoms with Gasteiger partial charge in [-0.15, -0.1) is 0 Å². The third-order valence-electron chi connectivity index (χ3n) is 3.06. The molecule has 0 aromatic heterocycles. The number of carboxylic acids is 2. The lowest BCUT2D eigenvalue weighted by Crippen LogP contribution is -2.35. The highest BCUT2D eigenvalue weighted by molar-refractivity contribution is 9.10. The van der Waals surface area contributed by atoms with Crippen LogP contribution in [0.5, 0.6) is 0 Å². The second-order valence-corrected chi connectivity index (χ2v) is 7.49. The summed E-state index contributed by atoms with van der Waals surface area (Å²) in [5.41, 5.74) is -0.186. The van der Waals surface area contributed by atoms with Gasteiger partial charge in [-0.25, -0.2) is 13.2 Å². The predicted molar refractivity (Wildman–Crippen MR) is 89.7 cm³/mol. The quantitative estimate of drug-likeness (QED) is 0.751. The number of halogens is 1. The summed E-state index contributed by atoms with van der Waals surface area (Å²) in [6.07, 6.45) is 0. The van der Waals surface area contributed by atoms with Crippen molar-refractivity contribution in [1.82, 2.24) is 0 Å². The zero-order chi connectivity index (χ0) is 17.9. The summed E-state index contributed by atoms with van der Waals surface area (Å²) in [5, 5.41) is 18.1. The number of rotatable bonds is 6. The number of carboxylic acid groups (broad SMARTS) is 2. The molecule has 126 valence electrons. The normalized spacial score (nSPS) is 11.0. The van der Waals surface area contributed by atoms with E-state index < -0.39 is 28.5 Å². The number of anilines is 1. The Bertz CT molecular complexity index is 879. The molecule has 0 aliphatic carbocycles. The molecule has 2 rings (SSSR count). The van der Waals surface area contributed by atoms with Gasteiger partial charge in [0.05, 0.1) is 16.1 Å². The van der Waals surface area contributed by atoms with Gasteiger partial charge >= 0.3 is 11.9 Å². The number of hydrogen-bond donors (Lipinski definition) is 2. The second-order valence-electron chi connectivity index (χ2n) is 4.71. The van der Waals surface area contributed by atoms with E-state index in [4.69, 9.17) is 10.2 Å². The molecule has 0 aliphatic rings. The van der Waals surface area contributed by atoms with Crippen molar-refractivity contribution >= 4 is 43.6 Å². The number of sulfonamides is 1. The van der Waals surface area contributed by atoms with Gasteiger partial charge < -0.3 is 10.2 Å². The van der Waals surface area contributed by atoms with Gasteiger partial charge in [0.15, 0.2) is 0 Å². The number of benzene rings is 2. The van der Waals surface area contributed by atoms with E-state index in [1.807, 2.05) is 0 Å². The summed E-state index contributed by atoms with van der Waals surface area (Å²) in [7, 11) is -4.17. The Balaban J connectivity index is 2.56. The van der Waals surface area contributed by atoms with Crippen molar-refractivity contribution in [2.45, 2.75) is 4.90 Å². The van der Waals surface area contributed by atoms with Gasteiger partial charge in [-0.2, -0.15) is 0 Å². The van der Waals surface area contributed by atoms with E-state index in [9.17, 15) is 18.0 Å². The smallest absolute Gasteiger partial charge is 0.335 e. The fourth-order valence-electron chi connectivity index (χ4n) is 1.97. The van der Waals surface area contributed by atoms with Gasteiger partial charge in [0.1, 0.15) is 6.54 Å². The Kier molecular flexibility index (Phi) is 5.25. The molecule has 0 radical (unpaired) electrons. The highest BCUT2D eigenvalue weighted by Crippen LogP contribution is 2.25. The van der Waals surface area contributed by atoms with Crippen LogP contribution in [0.4, 0.5) is 5.69 Å². The van der Waals surface area contributed by atoms with Crippen LogP contribution in [0.1, 0.15) is 10.4 Å². The molecule has 2 aromatic rings. The van der Waals surface area contributed by atoms with E-state index in [0.29, 0.717) is 8.78 Å². The molecule has 0 bridgehead atoms. The van der Waals surface area contributed by atoms with Crippen molar-refractivity contribution in [3.05, 3.63) is 58.6 Å². The van der Waals surface area contributed by atoms with Crippen LogP contribution in [0.25, 0.3) is 0 Å². The first-order valence-electron chi connectivity index (χ1n) is 6.55. The Morgan fingerprint density at radius 2 is 1.67 bits per heavy atom. The molecule has 0 atom stereocenters. The average molecular weight is 414 g/mol. The fraction of sp³-hybridized carbons (Fsp3) is 0.0667. The summed E-state index contributed by atoms with van der Waals surface area (Å²) in [5.74, 6) is -2.61. The van der Waals surface area contributed by atoms with Crippen molar-refractivity contribution in [2.75, 3.05) is 10.8 Å². The summed E-state index contributed by atoms with van der Waals surface area (Å²) >= 11 is 3.19. The molecule has 0 amide bonds. The molecule has 7 nitrogen and oxygen atoms in total. The molecule has 0 spiro atoms. The lowest BCUT2D eigenvalue weighted by molar-refractivity contribution is -0.135. The molecule has 0 fully saturated rings. The van der Waals surface area contributed by atoms with Gasteiger partial charge in [0, 0.05) is 4.47 Å². The molecular formula is C15H12BrNO6S. The number of aromatic carboxylic acids is 1. The maximum atomic E-state index is 12.8. The minimum atomic E-state index is -4.17. The van der Waals surface area contributed by atoms with Crippen LogP contribution in [0, 0.1) is 0 Å². The summed E-state index contributed by atoms with van der Waals surface area (Å²) < 4.78 is 26.8. The first kappa shape index (κ1) is 18.0. The molecular weight excluding hydrogens is 402 g/mol. The highest BCUT2D eigenvalue weighted by atomic mass is 79.9. The van der Waals surface area contributed by atoms with Gasteiger partial charge in [0.2, 0.25) is 0 Å². The van der Waals surface area contributed by atoms with E-state index in [-0.39, 0.29) is 16.1 Å². The summed E-state index contributed by atoms with van der Waals surface area (Å²) in [6, 6.07) is 10.8. The number of carbonyl (C=O) groups is 2. The number of aliphatic carboxylic acids is 1. The summed E-state index contributed by atoms with van der Waals surface area (Å²) in [6.45, 7) is -0.832. The molecule has 0 aliphatic heterocycles. The molecule has 24 heavy (non-hydrogen) atoms. The van der Waals surface area contributed by atoms with Gasteiger partial charge in [0.25, 0.3) is 10.0 Å². The van der Waals surface area contributed by atoms with Crippen LogP contribution < -0.4 is 4.31 Å². The van der Waals surface area contributed by atoms with E-state index in [2.05, 4.69) is 15.9 Å². The molecule has 0 heterocycles. The Labute approximate surface area is 146 Å². The highest BCUT2D eigenvalue weighted by Gasteiger charge is 2.27. The molecule has 0 unspecified atom stereocenters. The van der Waals surface area contributed by atoms with Crippen LogP contribution >= 0.6 is 15.9 Å². The lowest BCUT2D eigenvalue weighted by Gasteiger charge is -2.23. The zero-order valence-electron chi connectivity index (χ0n) is 12.1. The second kappa shape index (κ2) is 7.02. The monoisotopic (exact) mass is 413 g/mol. The average Bonchev–Trinajstić information content (AvgIpc) is 2.53. The third kappa shape index (κ3) is 3.92. The van der Waals surface area contributed by atoms with Crippen LogP contribution in [-0.4, -0.2) is 37.1 Å². The summed E-state index contributed by atoms with van der Waals surface area (Å²) in [4.78, 5) is 22.1. The first-order chi connectivity index (χ1) is 11.2. The van der Waals surface area contributed by atoms with E-state index in [0.717, 1.165) is 6.07 Å². The van der Waals surface area contributed by atoms with Crippen molar-refractivity contribution in [3.63, 3.8) is 0 Å². The zero-order valence-corrected chi connectivity index (χ0v) is 14.5. The molecule has 9 heteroatoms. The SMILES string of the molecule is O=C(O)CN(c1cccc(C(=O)O)c1)S(=O)(=O)c1ccc(Br)cc1. The Morgan fingerprint density at radius 1 is 1.04 bits per heavy atom. The Hall–Kier alpha value is -2.39. The van der Waals surface area contributed by atoms with Crippen LogP contribution in [0.2, 0.25) is 0 Å². The van der Waals surface area contributed by atoms with Crippen molar-refractivity contribution < 1.29 is 28.2 Å². The minimum Gasteiger partial charge on any atom is -0.480 e. The standard InChI is InChI=1S/C15H12BrNO6S/c16-11-4-6-13(7-5-11)24(22,23)17(9-14(18)19)12-3-1-2-10(8-12)15(20)21/h1-8H,9H2,(H,18,19)(H,20,21). The Morgan fingerprint density at radius 3 is 2.21 bits per heavy atom. The number of hydrogen-bond acceptors (Lipinski definition) is 4. The molecule has 0 saturated heterocycles. The maximum Gasteiger partial charge on any atom is 0.335 e. The van der Waals surface area contributed by atoms with Crippen LogP contribution in [-0.2, 0) is 14.8 Å². The van der Waals surface area contributed by atoms with Gasteiger partial charge in [-0.3, -0.25) is 9.10 Å². The first-order valence-corrected chi connectivity index (χ1v) is 8.78. The predicted octanol–water partition coefficient (Wildman–Crippen LogP) is 2.43. The third-order valence-corrected chi connectivity index (χ3v) is 5.38. The van der Waals surface area contributed by atoms with Crippen molar-refractivity contribution in [1.29, 1.82) is 0 Å². The van der Waals surface area contributed by atoms with Crippen molar-refractivity contribution in [2.24, 2.45) is 0 Å². The van der Waals surface area contributed by atoms with Gasteiger partial charge in [-0.1, -0.05) is 22.0 Å². The molecule has 2 N–H and O–H groups in total. The lowest BCUT2D eigenvalue weighted by atomic mass is 10.2. The van der Waals surface area contributed by atoms with Crippen molar-refractivity contribution in [3.8, 4) is 0 Å². The number of nitrogens with zero attached hydrogens (tertiary/aromatic N) is 1. The topological polar surface area (TPSA) is 112 Å². The fourth-order valence-corrected chi connectivity index (χ4v) is 3.64. The maximum absolute atomic E-state index is 12.8. The largest absolute Gasteiger partial charge is 0.480 e. The van der Waals surface area contributed by atoms with Gasteiger partial charge in [-0.05, 0) is 42.5 Å². The minimum absolute atomic E-state index is 0.0415. The van der Waals surface area contributed by atoms with Crippen LogP contribution in [0.15, 0.2) is 57.9 Å².